The molecule has 1 atom stereocenters. The Morgan fingerprint density at radius 2 is 2.31 bits per heavy atom. The Bertz CT molecular complexity index is 419. The molecule has 1 aliphatic rings. The minimum atomic E-state index is -0.413. The average Bonchev–Trinajstić information content (AvgIpc) is 2.63. The highest BCUT2D eigenvalue weighted by molar-refractivity contribution is 5.99. The van der Waals surface area contributed by atoms with Crippen molar-refractivity contribution < 1.29 is 9.18 Å². The maximum absolute atomic E-state index is 12.9. The number of amides is 1. The molecule has 1 fully saturated rings. The minimum absolute atomic E-state index is 0.0949. The van der Waals surface area contributed by atoms with Crippen LogP contribution in [0, 0.1) is 5.82 Å². The lowest BCUT2D eigenvalue weighted by atomic mass is 10.1. The Labute approximate surface area is 94.0 Å². The normalized spacial score (nSPS) is 20.1. The van der Waals surface area contributed by atoms with Gasteiger partial charge in [0.05, 0.1) is 5.56 Å². The first-order valence-corrected chi connectivity index (χ1v) is 5.45. The molecule has 16 heavy (non-hydrogen) atoms. The van der Waals surface area contributed by atoms with Crippen LogP contribution in [-0.2, 0) is 0 Å². The standard InChI is InChI=1S/C12H15FN2O/c1-8-3-2-6-15(8)12(16)10-5-4-9(13)7-11(10)14/h4-5,7-8H,2-3,6,14H2,1H3. The van der Waals surface area contributed by atoms with Gasteiger partial charge in [-0.15, -0.1) is 0 Å². The Balaban J connectivity index is 2.27. The molecule has 0 spiro atoms. The van der Waals surface area contributed by atoms with Gasteiger partial charge < -0.3 is 10.6 Å². The number of carbonyl (C=O) groups is 1. The molecule has 0 bridgehead atoms. The van der Waals surface area contributed by atoms with Gasteiger partial charge in [-0.1, -0.05) is 0 Å². The molecule has 1 heterocycles. The molecule has 3 nitrogen and oxygen atoms in total. The molecule has 86 valence electrons. The van der Waals surface area contributed by atoms with E-state index in [9.17, 15) is 9.18 Å². The largest absolute Gasteiger partial charge is 0.398 e. The topological polar surface area (TPSA) is 46.3 Å². The molecule has 0 aliphatic carbocycles. The lowest BCUT2D eigenvalue weighted by Gasteiger charge is -2.22. The van der Waals surface area contributed by atoms with Crippen molar-refractivity contribution in [3.63, 3.8) is 0 Å². The number of likely N-dealkylation sites (tertiary alicyclic amines) is 1. The zero-order chi connectivity index (χ0) is 11.7. The van der Waals surface area contributed by atoms with Crippen molar-refractivity contribution in [2.75, 3.05) is 12.3 Å². The minimum Gasteiger partial charge on any atom is -0.398 e. The van der Waals surface area contributed by atoms with Crippen molar-refractivity contribution in [2.45, 2.75) is 25.8 Å². The van der Waals surface area contributed by atoms with E-state index < -0.39 is 5.82 Å². The zero-order valence-electron chi connectivity index (χ0n) is 9.24. The van der Waals surface area contributed by atoms with Crippen molar-refractivity contribution >= 4 is 11.6 Å². The van der Waals surface area contributed by atoms with Crippen molar-refractivity contribution in [3.8, 4) is 0 Å². The first kappa shape index (κ1) is 10.9. The van der Waals surface area contributed by atoms with Gasteiger partial charge in [-0.25, -0.2) is 4.39 Å². The zero-order valence-corrected chi connectivity index (χ0v) is 9.24. The number of hydrogen-bond acceptors (Lipinski definition) is 2. The summed E-state index contributed by atoms with van der Waals surface area (Å²) in [7, 11) is 0. The second-order valence-corrected chi connectivity index (χ2v) is 4.22. The van der Waals surface area contributed by atoms with Gasteiger partial charge in [0.15, 0.2) is 0 Å². The molecular formula is C12H15FN2O. The van der Waals surface area contributed by atoms with Gasteiger partial charge in [-0.05, 0) is 38.0 Å². The highest BCUT2D eigenvalue weighted by Gasteiger charge is 2.26. The molecule has 1 unspecified atom stereocenters. The van der Waals surface area contributed by atoms with Crippen LogP contribution >= 0.6 is 0 Å². The first-order valence-electron chi connectivity index (χ1n) is 5.45. The smallest absolute Gasteiger partial charge is 0.256 e. The van der Waals surface area contributed by atoms with E-state index in [4.69, 9.17) is 5.73 Å². The summed E-state index contributed by atoms with van der Waals surface area (Å²) in [6.45, 7) is 2.78. The van der Waals surface area contributed by atoms with Crippen molar-refractivity contribution in [2.24, 2.45) is 0 Å². The van der Waals surface area contributed by atoms with E-state index in [-0.39, 0.29) is 17.6 Å². The Kier molecular flexibility index (Phi) is 2.81. The van der Waals surface area contributed by atoms with Gasteiger partial charge in [-0.2, -0.15) is 0 Å². The van der Waals surface area contributed by atoms with E-state index in [1.807, 2.05) is 6.92 Å². The number of anilines is 1. The summed E-state index contributed by atoms with van der Waals surface area (Å²) in [5, 5.41) is 0. The van der Waals surface area contributed by atoms with Crippen LogP contribution in [0.5, 0.6) is 0 Å². The molecule has 1 aliphatic heterocycles. The van der Waals surface area contributed by atoms with Crippen LogP contribution in [0.4, 0.5) is 10.1 Å². The van der Waals surface area contributed by atoms with Crippen LogP contribution < -0.4 is 5.73 Å². The van der Waals surface area contributed by atoms with Crippen LogP contribution in [0.25, 0.3) is 0 Å². The van der Waals surface area contributed by atoms with Gasteiger partial charge in [-0.3, -0.25) is 4.79 Å². The molecule has 1 amide bonds. The van der Waals surface area contributed by atoms with Gasteiger partial charge in [0, 0.05) is 18.3 Å². The van der Waals surface area contributed by atoms with Gasteiger partial charge in [0.1, 0.15) is 5.82 Å². The van der Waals surface area contributed by atoms with Crippen LogP contribution in [0.1, 0.15) is 30.1 Å². The fourth-order valence-electron chi connectivity index (χ4n) is 2.12. The van der Waals surface area contributed by atoms with Crippen LogP contribution in [0.15, 0.2) is 18.2 Å². The highest BCUT2D eigenvalue weighted by Crippen LogP contribution is 2.22. The van der Waals surface area contributed by atoms with E-state index in [0.717, 1.165) is 19.4 Å². The van der Waals surface area contributed by atoms with Gasteiger partial charge in [0.25, 0.3) is 5.91 Å². The summed E-state index contributed by atoms with van der Waals surface area (Å²) in [5.74, 6) is -0.508. The number of rotatable bonds is 1. The molecule has 4 heteroatoms. The van der Waals surface area contributed by atoms with Crippen molar-refractivity contribution in [1.29, 1.82) is 0 Å². The monoisotopic (exact) mass is 222 g/mol. The summed E-state index contributed by atoms with van der Waals surface area (Å²) >= 11 is 0. The fourth-order valence-corrected chi connectivity index (χ4v) is 2.12. The van der Waals surface area contributed by atoms with E-state index in [1.54, 1.807) is 4.90 Å². The molecule has 1 aromatic rings. The second-order valence-electron chi connectivity index (χ2n) is 4.22. The molecular weight excluding hydrogens is 207 g/mol. The van der Waals surface area contributed by atoms with Crippen LogP contribution in [0.2, 0.25) is 0 Å². The molecule has 0 aromatic heterocycles. The van der Waals surface area contributed by atoms with Crippen LogP contribution in [0.3, 0.4) is 0 Å². The lowest BCUT2D eigenvalue weighted by molar-refractivity contribution is 0.0748. The summed E-state index contributed by atoms with van der Waals surface area (Å²) < 4.78 is 12.9. The number of nitrogens with two attached hydrogens (primary N) is 1. The predicted molar refractivity (Wildman–Crippen MR) is 60.5 cm³/mol. The Hall–Kier alpha value is -1.58. The van der Waals surface area contributed by atoms with Crippen molar-refractivity contribution in [1.82, 2.24) is 4.90 Å². The molecule has 1 saturated heterocycles. The SMILES string of the molecule is CC1CCCN1C(=O)c1ccc(F)cc1N. The molecule has 2 rings (SSSR count). The third kappa shape index (κ3) is 1.87. The number of nitrogens with zero attached hydrogens (tertiary/aromatic N) is 1. The Morgan fingerprint density at radius 3 is 2.88 bits per heavy atom. The number of hydrogen-bond donors (Lipinski definition) is 1. The van der Waals surface area contributed by atoms with Crippen molar-refractivity contribution in [3.05, 3.63) is 29.6 Å². The number of carbonyl (C=O) groups excluding carboxylic acids is 1. The quantitative estimate of drug-likeness (QED) is 0.739. The first-order chi connectivity index (χ1) is 7.59. The predicted octanol–water partition coefficient (Wildman–Crippen LogP) is 2.03. The summed E-state index contributed by atoms with van der Waals surface area (Å²) in [4.78, 5) is 13.9. The van der Waals surface area contributed by atoms with Gasteiger partial charge in [0.2, 0.25) is 0 Å². The fraction of sp³-hybridized carbons (Fsp3) is 0.417. The van der Waals surface area contributed by atoms with E-state index in [1.165, 1.54) is 18.2 Å². The molecule has 0 saturated carbocycles. The number of halogens is 1. The summed E-state index contributed by atoms with van der Waals surface area (Å²) in [5.41, 5.74) is 6.26. The molecule has 1 aromatic carbocycles. The maximum atomic E-state index is 12.9. The maximum Gasteiger partial charge on any atom is 0.256 e. The third-order valence-corrected chi connectivity index (χ3v) is 3.06. The average molecular weight is 222 g/mol. The van der Waals surface area contributed by atoms with E-state index >= 15 is 0 Å². The van der Waals surface area contributed by atoms with E-state index in [2.05, 4.69) is 0 Å². The third-order valence-electron chi connectivity index (χ3n) is 3.06. The van der Waals surface area contributed by atoms with Gasteiger partial charge >= 0.3 is 0 Å². The molecule has 0 radical (unpaired) electrons. The highest BCUT2D eigenvalue weighted by atomic mass is 19.1. The summed E-state index contributed by atoms with van der Waals surface area (Å²) in [6.07, 6.45) is 2.04. The van der Waals surface area contributed by atoms with Crippen LogP contribution in [-0.4, -0.2) is 23.4 Å². The number of nitrogen functional groups attached to an aromatic ring is 1. The van der Waals surface area contributed by atoms with E-state index in [0.29, 0.717) is 5.56 Å². The summed E-state index contributed by atoms with van der Waals surface area (Å²) in [6, 6.07) is 4.16. The second kappa shape index (κ2) is 4.12. The Morgan fingerprint density at radius 1 is 1.56 bits per heavy atom. The molecule has 2 N–H and O–H groups in total. The lowest BCUT2D eigenvalue weighted by Crippen LogP contribution is -2.34. The number of benzene rings is 1.